The first kappa shape index (κ1) is 18.1. The Morgan fingerprint density at radius 2 is 1.33 bits per heavy atom. The molecular formula is C10H27ClN+. The second kappa shape index (κ2) is 13.8. The van der Waals surface area contributed by atoms with Crippen molar-refractivity contribution in [2.24, 2.45) is 0 Å². The minimum absolute atomic E-state index is 1.10. The zero-order valence-electron chi connectivity index (χ0n) is 9.95. The summed E-state index contributed by atoms with van der Waals surface area (Å²) in [5.41, 5.74) is 0. The molecule has 0 radical (unpaired) electrons. The molecule has 0 unspecified atom stereocenters. The van der Waals surface area contributed by atoms with Crippen molar-refractivity contribution in [2.45, 2.75) is 33.6 Å². The molecule has 0 atom stereocenters. The first-order chi connectivity index (χ1) is 5.56. The first-order valence-corrected chi connectivity index (χ1v) is 5.50. The van der Waals surface area contributed by atoms with Crippen LogP contribution in [0.15, 0.2) is 0 Å². The largest absolute Gasteiger partial charge is 0.331 e. The molecule has 1 nitrogen and oxygen atoms in total. The van der Waals surface area contributed by atoms with Gasteiger partial charge in [-0.3, -0.25) is 0 Å². The first-order valence-electron chi connectivity index (χ1n) is 4.74. The molecule has 0 aliphatic carbocycles. The fourth-order valence-electron chi connectivity index (χ4n) is 0.632. The summed E-state index contributed by atoms with van der Waals surface area (Å²) in [5.74, 6) is 0. The molecule has 0 amide bonds. The van der Waals surface area contributed by atoms with Gasteiger partial charge in [0.25, 0.3) is 0 Å². The molecular weight excluding hydrogens is 170 g/mol. The molecule has 0 aromatic heterocycles. The maximum Gasteiger partial charge on any atom is 0.0780 e. The van der Waals surface area contributed by atoms with Crippen molar-refractivity contribution in [2.75, 3.05) is 34.1 Å². The minimum Gasteiger partial charge on any atom is -0.331 e. The Morgan fingerprint density at radius 1 is 1.00 bits per heavy atom. The predicted molar refractivity (Wildman–Crippen MR) is 60.9 cm³/mol. The van der Waals surface area contributed by atoms with Crippen molar-refractivity contribution < 1.29 is 4.48 Å². The lowest BCUT2D eigenvalue weighted by Gasteiger charge is -2.23. The number of nitrogens with zero attached hydrogens (tertiary/aromatic N) is 1. The number of alkyl halides is 1. The Kier molecular flexibility index (Phi) is 20.9. The third-order valence-electron chi connectivity index (χ3n) is 1.18. The van der Waals surface area contributed by atoms with Gasteiger partial charge in [0.2, 0.25) is 0 Å². The molecule has 2 heteroatoms. The van der Waals surface area contributed by atoms with E-state index >= 15 is 0 Å². The summed E-state index contributed by atoms with van der Waals surface area (Å²) in [6.07, 6.45) is 4.14. The topological polar surface area (TPSA) is 0 Å². The number of quaternary nitrogens is 1. The smallest absolute Gasteiger partial charge is 0.0780 e. The molecule has 0 aliphatic rings. The lowest BCUT2D eigenvalue weighted by Crippen LogP contribution is -2.35. The summed E-state index contributed by atoms with van der Waals surface area (Å²) in [5, 5.41) is 0. The zero-order chi connectivity index (χ0) is 10.6. The fraction of sp³-hybridized carbons (Fsp3) is 1.00. The van der Waals surface area contributed by atoms with Crippen LogP contribution in [0.5, 0.6) is 0 Å². The predicted octanol–water partition coefficient (Wildman–Crippen LogP) is 3.37. The average molecular weight is 197 g/mol. The van der Waals surface area contributed by atoms with Crippen LogP contribution in [0.2, 0.25) is 0 Å². The third kappa shape index (κ3) is 31.8. The standard InChI is InChI=1S/C7H18N.C2H6.CH3Cl/c1-5-6-7-8(2,3)4;2*1-2/h5-7H2,1-4H3;1-2H3;1H3/q+1;;. The number of unbranched alkanes of at least 4 members (excludes halogenated alkanes) is 1. The molecule has 0 N–H and O–H groups in total. The normalized spacial score (nSPS) is 9.00. The SMILES string of the molecule is CC.CCCC[N+](C)(C)C.CCl. The highest BCUT2D eigenvalue weighted by molar-refractivity contribution is 6.15. The quantitative estimate of drug-likeness (QED) is 0.480. The van der Waals surface area contributed by atoms with Gasteiger partial charge in [-0.2, -0.15) is 0 Å². The molecule has 0 aromatic rings. The highest BCUT2D eigenvalue weighted by Gasteiger charge is 2.02. The molecule has 0 aromatic carbocycles. The molecule has 0 saturated carbocycles. The Morgan fingerprint density at radius 3 is 1.42 bits per heavy atom. The molecule has 0 aliphatic heterocycles. The maximum atomic E-state index is 4.64. The molecule has 0 rings (SSSR count). The number of halogens is 1. The molecule has 0 bridgehead atoms. The van der Waals surface area contributed by atoms with Gasteiger partial charge in [0.05, 0.1) is 27.7 Å². The van der Waals surface area contributed by atoms with Crippen LogP contribution in [-0.4, -0.2) is 38.6 Å². The van der Waals surface area contributed by atoms with Crippen LogP contribution in [0.25, 0.3) is 0 Å². The summed E-state index contributed by atoms with van der Waals surface area (Å²) >= 11 is 4.64. The van der Waals surface area contributed by atoms with Gasteiger partial charge in [0.15, 0.2) is 0 Å². The molecule has 0 saturated heterocycles. The fourth-order valence-corrected chi connectivity index (χ4v) is 0.632. The Balaban J connectivity index is -0.000000175. The van der Waals surface area contributed by atoms with Gasteiger partial charge in [0.1, 0.15) is 0 Å². The van der Waals surface area contributed by atoms with E-state index in [9.17, 15) is 0 Å². The number of hydrogen-bond donors (Lipinski definition) is 0. The highest BCUT2D eigenvalue weighted by Crippen LogP contribution is 1.94. The Bertz CT molecular complexity index is 57.3. The van der Waals surface area contributed by atoms with E-state index in [4.69, 9.17) is 0 Å². The van der Waals surface area contributed by atoms with Crippen LogP contribution in [0.1, 0.15) is 33.6 Å². The Hall–Kier alpha value is 0.250. The summed E-state index contributed by atoms with van der Waals surface area (Å²) in [6, 6.07) is 0. The van der Waals surface area contributed by atoms with Gasteiger partial charge in [-0.15, -0.1) is 11.6 Å². The van der Waals surface area contributed by atoms with E-state index in [2.05, 4.69) is 39.7 Å². The van der Waals surface area contributed by atoms with Gasteiger partial charge in [-0.25, -0.2) is 0 Å². The second-order valence-corrected chi connectivity index (χ2v) is 3.37. The third-order valence-corrected chi connectivity index (χ3v) is 1.18. The summed E-state index contributed by atoms with van der Waals surface area (Å²) in [4.78, 5) is 0. The summed E-state index contributed by atoms with van der Waals surface area (Å²) in [7, 11) is 6.70. The molecule has 0 fully saturated rings. The van der Waals surface area contributed by atoms with Gasteiger partial charge in [-0.1, -0.05) is 27.2 Å². The summed E-state index contributed by atoms with van der Waals surface area (Å²) < 4.78 is 1.10. The van der Waals surface area contributed by atoms with Crippen molar-refractivity contribution >= 4 is 11.6 Å². The molecule has 0 spiro atoms. The van der Waals surface area contributed by atoms with Crippen LogP contribution in [0.4, 0.5) is 0 Å². The van der Waals surface area contributed by atoms with Gasteiger partial charge < -0.3 is 4.48 Å². The van der Waals surface area contributed by atoms with Crippen molar-refractivity contribution in [3.8, 4) is 0 Å². The molecule has 78 valence electrons. The van der Waals surface area contributed by atoms with E-state index in [0.29, 0.717) is 0 Å². The summed E-state index contributed by atoms with van der Waals surface area (Å²) in [6.45, 7) is 7.53. The Labute approximate surface area is 84.3 Å². The van der Waals surface area contributed by atoms with Crippen LogP contribution in [0.3, 0.4) is 0 Å². The lowest BCUT2D eigenvalue weighted by atomic mass is 10.3. The van der Waals surface area contributed by atoms with Crippen molar-refractivity contribution in [3.63, 3.8) is 0 Å². The highest BCUT2D eigenvalue weighted by atomic mass is 35.5. The van der Waals surface area contributed by atoms with Gasteiger partial charge in [0, 0.05) is 6.38 Å². The van der Waals surface area contributed by atoms with E-state index in [1.54, 1.807) is 0 Å². The van der Waals surface area contributed by atoms with E-state index in [0.717, 1.165) is 4.48 Å². The zero-order valence-corrected chi connectivity index (χ0v) is 10.7. The van der Waals surface area contributed by atoms with Crippen LogP contribution in [-0.2, 0) is 0 Å². The second-order valence-electron chi connectivity index (χ2n) is 3.37. The van der Waals surface area contributed by atoms with Gasteiger partial charge in [-0.05, 0) is 6.42 Å². The van der Waals surface area contributed by atoms with Crippen LogP contribution >= 0.6 is 11.6 Å². The number of rotatable bonds is 3. The molecule has 12 heavy (non-hydrogen) atoms. The van der Waals surface area contributed by atoms with E-state index < -0.39 is 0 Å². The van der Waals surface area contributed by atoms with Gasteiger partial charge >= 0.3 is 0 Å². The van der Waals surface area contributed by atoms with Crippen molar-refractivity contribution in [1.82, 2.24) is 0 Å². The lowest BCUT2D eigenvalue weighted by molar-refractivity contribution is -0.870. The van der Waals surface area contributed by atoms with Crippen LogP contribution < -0.4 is 0 Å². The van der Waals surface area contributed by atoms with Crippen molar-refractivity contribution in [3.05, 3.63) is 0 Å². The van der Waals surface area contributed by atoms with E-state index in [-0.39, 0.29) is 0 Å². The average Bonchev–Trinajstić information content (AvgIpc) is 2.07. The number of hydrogen-bond acceptors (Lipinski definition) is 0. The van der Waals surface area contributed by atoms with Crippen LogP contribution in [0, 0.1) is 0 Å². The van der Waals surface area contributed by atoms with E-state index in [1.807, 2.05) is 13.8 Å². The van der Waals surface area contributed by atoms with E-state index in [1.165, 1.54) is 25.8 Å². The minimum atomic E-state index is 1.10. The maximum absolute atomic E-state index is 4.64. The monoisotopic (exact) mass is 196 g/mol. The molecule has 0 heterocycles. The van der Waals surface area contributed by atoms with Crippen molar-refractivity contribution in [1.29, 1.82) is 0 Å².